The van der Waals surface area contributed by atoms with Gasteiger partial charge in [0, 0.05) is 13.0 Å². The molecule has 0 saturated carbocycles. The van der Waals surface area contributed by atoms with E-state index in [1.807, 2.05) is 12.1 Å². The van der Waals surface area contributed by atoms with Gasteiger partial charge >= 0.3 is 5.97 Å². The molecule has 5 nitrogen and oxygen atoms in total. The maximum Gasteiger partial charge on any atom is 0.345 e. The standard InChI is InChI=1S/C16H14ClNO4S/c17-11-3-1-2-4-12(11)22-10-7-8-18(9-10)15(19)13-5-6-14(23-13)16(20)21/h1-6,10H,7-9H2,(H,20,21). The van der Waals surface area contributed by atoms with E-state index < -0.39 is 5.97 Å². The number of carboxylic acids is 1. The minimum atomic E-state index is -1.02. The predicted octanol–water partition coefficient (Wildman–Crippen LogP) is 3.39. The molecule has 0 radical (unpaired) electrons. The van der Waals surface area contributed by atoms with Crippen LogP contribution in [-0.2, 0) is 0 Å². The third-order valence-corrected chi connectivity index (χ3v) is 4.96. The monoisotopic (exact) mass is 351 g/mol. The Balaban J connectivity index is 1.64. The SMILES string of the molecule is O=C(O)c1ccc(C(=O)N2CCC(Oc3ccccc3Cl)C2)s1. The number of aromatic carboxylic acids is 1. The molecule has 1 amide bonds. The van der Waals surface area contributed by atoms with Crippen LogP contribution in [0.4, 0.5) is 0 Å². The van der Waals surface area contributed by atoms with E-state index in [4.69, 9.17) is 21.4 Å². The second-order valence-corrected chi connectivity index (χ2v) is 6.67. The third-order valence-electron chi connectivity index (χ3n) is 3.59. The van der Waals surface area contributed by atoms with Gasteiger partial charge in [0.05, 0.1) is 16.4 Å². The predicted molar refractivity (Wildman–Crippen MR) is 87.7 cm³/mol. The molecule has 0 aliphatic carbocycles. The van der Waals surface area contributed by atoms with Gasteiger partial charge in [0.15, 0.2) is 0 Å². The normalized spacial score (nSPS) is 17.3. The number of nitrogens with zero attached hydrogens (tertiary/aromatic N) is 1. The van der Waals surface area contributed by atoms with Gasteiger partial charge in [-0.2, -0.15) is 0 Å². The molecule has 2 aromatic rings. The van der Waals surface area contributed by atoms with E-state index in [0.29, 0.717) is 35.2 Å². The topological polar surface area (TPSA) is 66.8 Å². The molecule has 1 unspecified atom stereocenters. The molecule has 23 heavy (non-hydrogen) atoms. The van der Waals surface area contributed by atoms with Crippen LogP contribution in [0.3, 0.4) is 0 Å². The number of hydrogen-bond donors (Lipinski definition) is 1. The highest BCUT2D eigenvalue weighted by atomic mass is 35.5. The van der Waals surface area contributed by atoms with Crippen molar-refractivity contribution in [2.24, 2.45) is 0 Å². The van der Waals surface area contributed by atoms with Crippen molar-refractivity contribution in [3.63, 3.8) is 0 Å². The molecule has 1 aliphatic rings. The van der Waals surface area contributed by atoms with Gasteiger partial charge in [-0.05, 0) is 24.3 Å². The zero-order chi connectivity index (χ0) is 16.4. The average molecular weight is 352 g/mol. The third kappa shape index (κ3) is 3.48. The lowest BCUT2D eigenvalue weighted by Gasteiger charge is -2.17. The lowest BCUT2D eigenvalue weighted by Crippen LogP contribution is -2.30. The highest BCUT2D eigenvalue weighted by Crippen LogP contribution is 2.27. The summed E-state index contributed by atoms with van der Waals surface area (Å²) in [4.78, 5) is 25.6. The Kier molecular flexibility index (Phi) is 4.54. The quantitative estimate of drug-likeness (QED) is 0.916. The number of ether oxygens (including phenoxy) is 1. The van der Waals surface area contributed by atoms with Gasteiger partial charge in [-0.25, -0.2) is 4.79 Å². The van der Waals surface area contributed by atoms with E-state index in [9.17, 15) is 9.59 Å². The van der Waals surface area contributed by atoms with E-state index in [1.54, 1.807) is 23.1 Å². The molecule has 0 spiro atoms. The minimum absolute atomic E-state index is 0.113. The first kappa shape index (κ1) is 15.8. The Morgan fingerprint density at radius 3 is 2.65 bits per heavy atom. The minimum Gasteiger partial charge on any atom is -0.487 e. The van der Waals surface area contributed by atoms with Gasteiger partial charge in [0.1, 0.15) is 16.7 Å². The number of halogens is 1. The Labute approximate surface area is 142 Å². The van der Waals surface area contributed by atoms with Crippen LogP contribution in [0.25, 0.3) is 0 Å². The Bertz CT molecular complexity index is 745. The van der Waals surface area contributed by atoms with E-state index in [1.165, 1.54) is 6.07 Å². The first-order valence-electron chi connectivity index (χ1n) is 7.08. The van der Waals surface area contributed by atoms with Gasteiger partial charge < -0.3 is 14.7 Å². The van der Waals surface area contributed by atoms with Crippen molar-refractivity contribution in [2.45, 2.75) is 12.5 Å². The number of thiophene rings is 1. The second-order valence-electron chi connectivity index (χ2n) is 5.18. The van der Waals surface area contributed by atoms with Crippen LogP contribution in [0.15, 0.2) is 36.4 Å². The Hall–Kier alpha value is -2.05. The number of likely N-dealkylation sites (tertiary alicyclic amines) is 1. The first-order chi connectivity index (χ1) is 11.0. The highest BCUT2D eigenvalue weighted by molar-refractivity contribution is 7.15. The number of benzene rings is 1. The van der Waals surface area contributed by atoms with Crippen molar-refractivity contribution in [1.29, 1.82) is 0 Å². The summed E-state index contributed by atoms with van der Waals surface area (Å²) < 4.78 is 5.85. The molecule has 1 aromatic heterocycles. The fourth-order valence-electron chi connectivity index (χ4n) is 2.45. The molecule has 1 saturated heterocycles. The maximum absolute atomic E-state index is 12.4. The molecule has 1 aromatic carbocycles. The summed E-state index contributed by atoms with van der Waals surface area (Å²) in [5.41, 5.74) is 0. The number of carboxylic acid groups (broad SMARTS) is 1. The van der Waals surface area contributed by atoms with Gasteiger partial charge in [-0.1, -0.05) is 23.7 Å². The van der Waals surface area contributed by atoms with Gasteiger partial charge in [-0.3, -0.25) is 4.79 Å². The second kappa shape index (κ2) is 6.60. The van der Waals surface area contributed by atoms with E-state index in [0.717, 1.165) is 11.3 Å². The van der Waals surface area contributed by atoms with Crippen LogP contribution >= 0.6 is 22.9 Å². The highest BCUT2D eigenvalue weighted by Gasteiger charge is 2.29. The van der Waals surface area contributed by atoms with Crippen molar-refractivity contribution in [2.75, 3.05) is 13.1 Å². The molecule has 1 atom stereocenters. The number of carbonyl (C=O) groups is 2. The van der Waals surface area contributed by atoms with Crippen LogP contribution < -0.4 is 4.74 Å². The van der Waals surface area contributed by atoms with Crippen molar-refractivity contribution in [3.8, 4) is 5.75 Å². The molecular formula is C16H14ClNO4S. The van der Waals surface area contributed by atoms with Crippen LogP contribution in [-0.4, -0.2) is 41.1 Å². The fraction of sp³-hybridized carbons (Fsp3) is 0.250. The molecule has 0 bridgehead atoms. The summed E-state index contributed by atoms with van der Waals surface area (Å²) in [6, 6.07) is 10.2. The summed E-state index contributed by atoms with van der Waals surface area (Å²) in [6.07, 6.45) is 0.603. The van der Waals surface area contributed by atoms with Crippen molar-refractivity contribution >= 4 is 34.8 Å². The molecule has 1 aliphatic heterocycles. The summed E-state index contributed by atoms with van der Waals surface area (Å²) >= 11 is 7.06. The fourth-order valence-corrected chi connectivity index (χ4v) is 3.45. The summed E-state index contributed by atoms with van der Waals surface area (Å²) in [5.74, 6) is -0.569. The van der Waals surface area contributed by atoms with Crippen molar-refractivity contribution < 1.29 is 19.4 Å². The van der Waals surface area contributed by atoms with E-state index in [2.05, 4.69) is 0 Å². The van der Waals surface area contributed by atoms with Gasteiger partial charge in [0.25, 0.3) is 5.91 Å². The summed E-state index contributed by atoms with van der Waals surface area (Å²) in [6.45, 7) is 1.04. The lowest BCUT2D eigenvalue weighted by molar-refractivity contribution is 0.0701. The van der Waals surface area contributed by atoms with Crippen LogP contribution in [0.1, 0.15) is 25.8 Å². The van der Waals surface area contributed by atoms with E-state index in [-0.39, 0.29) is 16.9 Å². The number of para-hydroxylation sites is 1. The zero-order valence-electron chi connectivity index (χ0n) is 12.1. The molecule has 2 heterocycles. The zero-order valence-corrected chi connectivity index (χ0v) is 13.6. The number of rotatable bonds is 4. The lowest BCUT2D eigenvalue weighted by atomic mass is 10.3. The van der Waals surface area contributed by atoms with Crippen molar-refractivity contribution in [3.05, 3.63) is 51.2 Å². The first-order valence-corrected chi connectivity index (χ1v) is 8.27. The largest absolute Gasteiger partial charge is 0.487 e. The average Bonchev–Trinajstić information content (AvgIpc) is 3.18. The molecule has 7 heteroatoms. The number of hydrogen-bond acceptors (Lipinski definition) is 4. The number of carbonyl (C=O) groups excluding carboxylic acids is 1. The Morgan fingerprint density at radius 1 is 1.22 bits per heavy atom. The molecular weight excluding hydrogens is 338 g/mol. The summed E-state index contributed by atoms with van der Waals surface area (Å²) in [5, 5.41) is 9.47. The number of amides is 1. The van der Waals surface area contributed by atoms with E-state index >= 15 is 0 Å². The van der Waals surface area contributed by atoms with Crippen LogP contribution in [0, 0.1) is 0 Å². The molecule has 1 N–H and O–H groups in total. The van der Waals surface area contributed by atoms with Crippen LogP contribution in [0.5, 0.6) is 5.75 Å². The van der Waals surface area contributed by atoms with Crippen LogP contribution in [0.2, 0.25) is 5.02 Å². The smallest absolute Gasteiger partial charge is 0.345 e. The molecule has 120 valence electrons. The molecule has 3 rings (SSSR count). The van der Waals surface area contributed by atoms with Gasteiger partial charge in [-0.15, -0.1) is 11.3 Å². The molecule has 1 fully saturated rings. The van der Waals surface area contributed by atoms with Gasteiger partial charge in [0.2, 0.25) is 0 Å². The maximum atomic E-state index is 12.4. The van der Waals surface area contributed by atoms with Crippen molar-refractivity contribution in [1.82, 2.24) is 4.90 Å². The Morgan fingerprint density at radius 2 is 1.96 bits per heavy atom. The summed E-state index contributed by atoms with van der Waals surface area (Å²) in [7, 11) is 0.